The van der Waals surface area contributed by atoms with Gasteiger partial charge in [0.25, 0.3) is 0 Å². The first-order chi connectivity index (χ1) is 9.54. The van der Waals surface area contributed by atoms with Crippen LogP contribution in [0.15, 0.2) is 24.3 Å². The van der Waals surface area contributed by atoms with Crippen LogP contribution in [0.2, 0.25) is 0 Å². The maximum Gasteiger partial charge on any atom is 0.124 e. The molecule has 0 saturated heterocycles. The molecular weight excluding hydrogens is 246 g/mol. The summed E-state index contributed by atoms with van der Waals surface area (Å²) in [5, 5.41) is 3.49. The third kappa shape index (κ3) is 2.58. The van der Waals surface area contributed by atoms with Crippen molar-refractivity contribution in [3.63, 3.8) is 0 Å². The Labute approximate surface area is 122 Å². The summed E-state index contributed by atoms with van der Waals surface area (Å²) in [6, 6.07) is 8.97. The van der Waals surface area contributed by atoms with Gasteiger partial charge in [-0.1, -0.05) is 32.0 Å². The Balaban J connectivity index is 1.89. The molecule has 0 bridgehead atoms. The molecule has 0 aromatic heterocycles. The third-order valence-electron chi connectivity index (χ3n) is 5.29. The molecule has 2 nitrogen and oxygen atoms in total. The number of fused-ring (bicyclic) bond motifs is 1. The summed E-state index contributed by atoms with van der Waals surface area (Å²) in [5.74, 6) is 1.10. The summed E-state index contributed by atoms with van der Waals surface area (Å²) in [6.45, 7) is 4.80. The number of para-hydroxylation sites is 1. The lowest BCUT2D eigenvalue weighted by atomic mass is 9.80. The predicted octanol–water partition coefficient (Wildman–Crippen LogP) is 4.46. The van der Waals surface area contributed by atoms with Gasteiger partial charge in [-0.05, 0) is 50.6 Å². The molecule has 0 amide bonds. The second kappa shape index (κ2) is 5.07. The molecule has 1 saturated carbocycles. The molecule has 110 valence electrons. The van der Waals surface area contributed by atoms with Gasteiger partial charge >= 0.3 is 0 Å². The molecule has 0 radical (unpaired) electrons. The fraction of sp³-hybridized carbons (Fsp3) is 0.667. The monoisotopic (exact) mass is 273 g/mol. The highest BCUT2D eigenvalue weighted by molar-refractivity contribution is 5.39. The number of nitrogens with one attached hydrogen (secondary N) is 1. The van der Waals surface area contributed by atoms with Gasteiger partial charge in [0, 0.05) is 18.0 Å². The quantitative estimate of drug-likeness (QED) is 0.815. The molecule has 1 aromatic carbocycles. The topological polar surface area (TPSA) is 21.3 Å². The molecular formula is C18H27NO. The van der Waals surface area contributed by atoms with Crippen LogP contribution >= 0.6 is 0 Å². The number of hydrogen-bond acceptors (Lipinski definition) is 2. The molecule has 1 spiro atoms. The fourth-order valence-electron chi connectivity index (χ4n) is 3.89. The second-order valence-corrected chi connectivity index (χ2v) is 7.39. The highest BCUT2D eigenvalue weighted by Crippen LogP contribution is 2.48. The Kier molecular flexibility index (Phi) is 3.53. The largest absolute Gasteiger partial charge is 0.487 e. The molecule has 2 heteroatoms. The van der Waals surface area contributed by atoms with E-state index in [-0.39, 0.29) is 5.60 Å². The SMILES string of the molecule is CNC1CC2(CCCC(C)(C)CC2)Oc2ccccc21. The average Bonchev–Trinajstić information content (AvgIpc) is 2.57. The molecule has 1 aromatic rings. The molecule has 3 rings (SSSR count). The van der Waals surface area contributed by atoms with Crippen LogP contribution in [0.1, 0.15) is 64.0 Å². The maximum atomic E-state index is 6.53. The van der Waals surface area contributed by atoms with E-state index in [1.165, 1.54) is 37.7 Å². The first kappa shape index (κ1) is 13.9. The smallest absolute Gasteiger partial charge is 0.124 e. The first-order valence-electron chi connectivity index (χ1n) is 7.99. The summed E-state index contributed by atoms with van der Waals surface area (Å²) >= 11 is 0. The highest BCUT2D eigenvalue weighted by atomic mass is 16.5. The standard InChI is InChI=1S/C18H27NO/c1-17(2)9-6-10-18(12-11-17)13-15(19-3)14-7-4-5-8-16(14)20-18/h4-5,7-8,15,19H,6,9-13H2,1-3H3. The minimum absolute atomic E-state index is 0.0514. The summed E-state index contributed by atoms with van der Waals surface area (Å²) in [6.07, 6.45) is 7.37. The van der Waals surface area contributed by atoms with E-state index in [1.54, 1.807) is 0 Å². The van der Waals surface area contributed by atoms with Crippen LogP contribution < -0.4 is 10.1 Å². The summed E-state index contributed by atoms with van der Waals surface area (Å²) in [5.41, 5.74) is 1.85. The Morgan fingerprint density at radius 3 is 2.70 bits per heavy atom. The van der Waals surface area contributed by atoms with Gasteiger partial charge in [0.15, 0.2) is 0 Å². The van der Waals surface area contributed by atoms with Crippen molar-refractivity contribution in [2.45, 2.75) is 64.0 Å². The van der Waals surface area contributed by atoms with Gasteiger partial charge in [0.1, 0.15) is 11.4 Å². The van der Waals surface area contributed by atoms with Gasteiger partial charge < -0.3 is 10.1 Å². The van der Waals surface area contributed by atoms with Crippen molar-refractivity contribution in [2.75, 3.05) is 7.05 Å². The maximum absolute atomic E-state index is 6.53. The van der Waals surface area contributed by atoms with E-state index in [9.17, 15) is 0 Å². The fourth-order valence-corrected chi connectivity index (χ4v) is 3.89. The Bertz CT molecular complexity index is 482. The van der Waals surface area contributed by atoms with E-state index in [0.717, 1.165) is 12.2 Å². The number of rotatable bonds is 1. The van der Waals surface area contributed by atoms with Crippen molar-refractivity contribution in [1.82, 2.24) is 5.32 Å². The Morgan fingerprint density at radius 2 is 1.90 bits per heavy atom. The zero-order valence-electron chi connectivity index (χ0n) is 13.0. The lowest BCUT2D eigenvalue weighted by molar-refractivity contribution is 0.0148. The van der Waals surface area contributed by atoms with Crippen LogP contribution in [0.25, 0.3) is 0 Å². The van der Waals surface area contributed by atoms with Crippen LogP contribution in [0.5, 0.6) is 5.75 Å². The molecule has 1 aliphatic carbocycles. The summed E-state index contributed by atoms with van der Waals surface area (Å²) in [4.78, 5) is 0. The van der Waals surface area contributed by atoms with E-state index in [4.69, 9.17) is 4.74 Å². The van der Waals surface area contributed by atoms with Crippen molar-refractivity contribution in [3.8, 4) is 5.75 Å². The normalized spacial score (nSPS) is 32.2. The van der Waals surface area contributed by atoms with Crippen LogP contribution in [-0.4, -0.2) is 12.6 Å². The Hall–Kier alpha value is -1.02. The van der Waals surface area contributed by atoms with Gasteiger partial charge in [-0.3, -0.25) is 0 Å². The van der Waals surface area contributed by atoms with Crippen molar-refractivity contribution < 1.29 is 4.74 Å². The number of hydrogen-bond donors (Lipinski definition) is 1. The minimum atomic E-state index is 0.0514. The zero-order valence-corrected chi connectivity index (χ0v) is 13.0. The lowest BCUT2D eigenvalue weighted by Gasteiger charge is -2.42. The van der Waals surface area contributed by atoms with E-state index in [0.29, 0.717) is 11.5 Å². The van der Waals surface area contributed by atoms with Gasteiger partial charge in [-0.15, -0.1) is 0 Å². The van der Waals surface area contributed by atoms with Crippen molar-refractivity contribution in [3.05, 3.63) is 29.8 Å². The average molecular weight is 273 g/mol. The molecule has 1 fully saturated rings. The van der Waals surface area contributed by atoms with Crippen LogP contribution in [0.3, 0.4) is 0 Å². The predicted molar refractivity (Wildman–Crippen MR) is 83.1 cm³/mol. The van der Waals surface area contributed by atoms with Gasteiger partial charge in [0.05, 0.1) is 0 Å². The third-order valence-corrected chi connectivity index (χ3v) is 5.29. The summed E-state index contributed by atoms with van der Waals surface area (Å²) in [7, 11) is 2.07. The van der Waals surface area contributed by atoms with Crippen LogP contribution in [0, 0.1) is 5.41 Å². The lowest BCUT2D eigenvalue weighted by Crippen LogP contribution is -2.43. The molecule has 1 aliphatic heterocycles. The van der Waals surface area contributed by atoms with Gasteiger partial charge in [-0.25, -0.2) is 0 Å². The molecule has 2 unspecified atom stereocenters. The second-order valence-electron chi connectivity index (χ2n) is 7.39. The molecule has 1 heterocycles. The minimum Gasteiger partial charge on any atom is -0.487 e. The van der Waals surface area contributed by atoms with Gasteiger partial charge in [0.2, 0.25) is 0 Å². The molecule has 20 heavy (non-hydrogen) atoms. The van der Waals surface area contributed by atoms with Crippen LogP contribution in [0.4, 0.5) is 0 Å². The number of ether oxygens (including phenoxy) is 1. The van der Waals surface area contributed by atoms with E-state index >= 15 is 0 Å². The first-order valence-corrected chi connectivity index (χ1v) is 7.99. The van der Waals surface area contributed by atoms with Crippen molar-refractivity contribution in [1.29, 1.82) is 0 Å². The summed E-state index contributed by atoms with van der Waals surface area (Å²) < 4.78 is 6.53. The van der Waals surface area contributed by atoms with Crippen LogP contribution in [-0.2, 0) is 0 Å². The van der Waals surface area contributed by atoms with Crippen molar-refractivity contribution >= 4 is 0 Å². The Morgan fingerprint density at radius 1 is 1.10 bits per heavy atom. The van der Waals surface area contributed by atoms with E-state index < -0.39 is 0 Å². The molecule has 1 N–H and O–H groups in total. The highest BCUT2D eigenvalue weighted by Gasteiger charge is 2.42. The molecule has 2 aliphatic rings. The molecule has 2 atom stereocenters. The van der Waals surface area contributed by atoms with Crippen molar-refractivity contribution in [2.24, 2.45) is 5.41 Å². The van der Waals surface area contributed by atoms with E-state index in [2.05, 4.69) is 50.5 Å². The number of benzene rings is 1. The van der Waals surface area contributed by atoms with E-state index in [1.807, 2.05) is 0 Å². The van der Waals surface area contributed by atoms with Gasteiger partial charge in [-0.2, -0.15) is 0 Å². The zero-order chi connectivity index (χ0) is 14.2.